The molecule has 57 heavy (non-hydrogen) atoms. The van der Waals surface area contributed by atoms with Gasteiger partial charge in [-0.3, -0.25) is 19.6 Å². The third kappa shape index (κ3) is 9.89. The van der Waals surface area contributed by atoms with Crippen LogP contribution in [0.5, 0.6) is 0 Å². The summed E-state index contributed by atoms with van der Waals surface area (Å²) < 4.78 is 13.5. The van der Waals surface area contributed by atoms with Crippen LogP contribution in [0.1, 0.15) is 86.0 Å². The van der Waals surface area contributed by atoms with E-state index < -0.39 is 17.7 Å². The predicted octanol–water partition coefficient (Wildman–Crippen LogP) is 5.89. The van der Waals surface area contributed by atoms with E-state index in [4.69, 9.17) is 14.7 Å². The molecule has 12 nitrogen and oxygen atoms in total. The molecule has 3 saturated heterocycles. The normalized spacial score (nSPS) is 20.6. The van der Waals surface area contributed by atoms with E-state index in [1.54, 1.807) is 5.48 Å². The summed E-state index contributed by atoms with van der Waals surface area (Å²) in [5, 5.41) is 24.4. The molecule has 1 spiro atoms. The molecule has 3 unspecified atom stereocenters. The summed E-state index contributed by atoms with van der Waals surface area (Å²) in [5.74, 6) is -0.356. The molecule has 3 amide bonds. The van der Waals surface area contributed by atoms with Gasteiger partial charge < -0.3 is 35.0 Å². The van der Waals surface area contributed by atoms with E-state index in [1.807, 2.05) is 66.7 Å². The van der Waals surface area contributed by atoms with Gasteiger partial charge >= 0.3 is 0 Å². The van der Waals surface area contributed by atoms with Crippen LogP contribution in [0.4, 0.5) is 5.69 Å². The number of piperidine rings is 1. The monoisotopic (exact) mass is 775 g/mol. The lowest BCUT2D eigenvalue weighted by Gasteiger charge is -2.45. The third-order valence-corrected chi connectivity index (χ3v) is 11.5. The molecule has 3 aliphatic rings. The molecule has 0 radical (unpaired) electrons. The minimum Gasteiger partial charge on any atom is -0.392 e. The van der Waals surface area contributed by atoms with Crippen LogP contribution in [0.15, 0.2) is 103 Å². The van der Waals surface area contributed by atoms with Crippen LogP contribution in [0.3, 0.4) is 0 Å². The first-order chi connectivity index (χ1) is 27.8. The zero-order valence-electron chi connectivity index (χ0n) is 32.3. The average Bonchev–Trinajstić information content (AvgIpc) is 3.57. The Morgan fingerprint density at radius 2 is 1.51 bits per heavy atom. The summed E-state index contributed by atoms with van der Waals surface area (Å²) in [7, 11) is 0. The quantitative estimate of drug-likeness (QED) is 0.0566. The number of carbonyl (C=O) groups excluding carboxylic acids is 3. The highest BCUT2D eigenvalue weighted by atomic mass is 16.7. The Morgan fingerprint density at radius 3 is 2.25 bits per heavy atom. The number of rotatable bonds is 15. The SMILES string of the molecule is O=C(CCCCCC(=O)NCc1cccc(-c2cccc(C3OC(CN4CCC5(CC4)C(=O)NCN5c4ccccc4)CC(c4ccc(CO)cc4)O3)c2)c1)NO. The molecule has 5 N–H and O–H groups in total. The summed E-state index contributed by atoms with van der Waals surface area (Å²) in [6.07, 6.45) is 3.79. The molecule has 3 heterocycles. The topological polar surface area (TPSA) is 153 Å². The summed E-state index contributed by atoms with van der Waals surface area (Å²) in [4.78, 5) is 41.6. The third-order valence-electron chi connectivity index (χ3n) is 11.5. The summed E-state index contributed by atoms with van der Waals surface area (Å²) in [6, 6.07) is 34.4. The first-order valence-corrected chi connectivity index (χ1v) is 20.1. The fourth-order valence-corrected chi connectivity index (χ4v) is 8.28. The largest absolute Gasteiger partial charge is 0.392 e. The number of aliphatic hydroxyl groups excluding tert-OH is 1. The van der Waals surface area contributed by atoms with Gasteiger partial charge in [-0.1, -0.05) is 85.3 Å². The van der Waals surface area contributed by atoms with Crippen LogP contribution in [-0.4, -0.2) is 70.9 Å². The Balaban J connectivity index is 1.01. The zero-order chi connectivity index (χ0) is 39.6. The number of hydroxylamine groups is 1. The number of unbranched alkanes of at least 4 members (excludes halogenated alkanes) is 2. The zero-order valence-corrected chi connectivity index (χ0v) is 32.3. The molecule has 3 fully saturated rings. The van der Waals surface area contributed by atoms with Gasteiger partial charge in [0.2, 0.25) is 17.7 Å². The van der Waals surface area contributed by atoms with Crippen LogP contribution < -0.4 is 21.0 Å². The van der Waals surface area contributed by atoms with E-state index >= 15 is 0 Å². The van der Waals surface area contributed by atoms with Crippen molar-refractivity contribution in [3.63, 3.8) is 0 Å². The van der Waals surface area contributed by atoms with Crippen LogP contribution in [0.25, 0.3) is 11.1 Å². The number of ether oxygens (including phenoxy) is 2. The molecule has 0 aliphatic carbocycles. The predicted molar refractivity (Wildman–Crippen MR) is 215 cm³/mol. The maximum Gasteiger partial charge on any atom is 0.247 e. The van der Waals surface area contributed by atoms with Crippen LogP contribution in [-0.2, 0) is 37.0 Å². The number of amides is 3. The van der Waals surface area contributed by atoms with E-state index in [-0.39, 0.29) is 37.0 Å². The van der Waals surface area contributed by atoms with Crippen LogP contribution in [0.2, 0.25) is 0 Å². The molecule has 4 aromatic carbocycles. The Morgan fingerprint density at radius 1 is 0.789 bits per heavy atom. The van der Waals surface area contributed by atoms with E-state index in [2.05, 4.69) is 56.8 Å². The van der Waals surface area contributed by atoms with Gasteiger partial charge in [-0.25, -0.2) is 5.48 Å². The van der Waals surface area contributed by atoms with E-state index in [0.717, 1.165) is 71.4 Å². The number of nitrogens with one attached hydrogen (secondary N) is 3. The maximum atomic E-state index is 13.3. The molecular formula is C45H53N5O7. The molecule has 3 atom stereocenters. The van der Waals surface area contributed by atoms with Gasteiger partial charge in [-0.2, -0.15) is 0 Å². The van der Waals surface area contributed by atoms with Gasteiger partial charge in [-0.05, 0) is 77.8 Å². The van der Waals surface area contributed by atoms with Crippen molar-refractivity contribution in [1.29, 1.82) is 0 Å². The molecular weight excluding hydrogens is 723 g/mol. The van der Waals surface area contributed by atoms with Crippen molar-refractivity contribution < 1.29 is 34.2 Å². The minimum absolute atomic E-state index is 0.0221. The Bertz CT molecular complexity index is 1970. The lowest BCUT2D eigenvalue weighted by molar-refractivity contribution is -0.253. The highest BCUT2D eigenvalue weighted by molar-refractivity contribution is 5.93. The summed E-state index contributed by atoms with van der Waals surface area (Å²) >= 11 is 0. The Labute approximate surface area is 334 Å². The number of nitrogens with zero attached hydrogens (tertiary/aromatic N) is 2. The van der Waals surface area contributed by atoms with Crippen LogP contribution in [0, 0.1) is 0 Å². The molecule has 300 valence electrons. The number of hydrogen-bond acceptors (Lipinski definition) is 9. The molecule has 0 saturated carbocycles. The number of carbonyl (C=O) groups is 3. The second-order valence-corrected chi connectivity index (χ2v) is 15.3. The molecule has 3 aliphatic heterocycles. The van der Waals surface area contributed by atoms with E-state index in [0.29, 0.717) is 45.4 Å². The number of aliphatic hydroxyl groups is 1. The first-order valence-electron chi connectivity index (χ1n) is 20.1. The van der Waals surface area contributed by atoms with Gasteiger partial charge in [0, 0.05) is 56.7 Å². The van der Waals surface area contributed by atoms with E-state index in [1.165, 1.54) is 0 Å². The number of benzene rings is 4. The highest BCUT2D eigenvalue weighted by Gasteiger charge is 2.50. The van der Waals surface area contributed by atoms with Gasteiger partial charge in [0.15, 0.2) is 6.29 Å². The van der Waals surface area contributed by atoms with Crippen molar-refractivity contribution in [3.05, 3.63) is 125 Å². The smallest absolute Gasteiger partial charge is 0.247 e. The molecule has 12 heteroatoms. The minimum atomic E-state index is -0.614. The van der Waals surface area contributed by atoms with Gasteiger partial charge in [0.1, 0.15) is 5.54 Å². The molecule has 7 rings (SSSR count). The van der Waals surface area contributed by atoms with Crippen molar-refractivity contribution in [2.45, 2.75) is 88.6 Å². The number of hydrogen-bond donors (Lipinski definition) is 5. The second-order valence-electron chi connectivity index (χ2n) is 15.3. The summed E-state index contributed by atoms with van der Waals surface area (Å²) in [5.41, 5.74) is 7.91. The Kier molecular flexibility index (Phi) is 13.3. The van der Waals surface area contributed by atoms with Crippen molar-refractivity contribution in [2.75, 3.05) is 31.2 Å². The highest BCUT2D eigenvalue weighted by Crippen LogP contribution is 2.41. The van der Waals surface area contributed by atoms with Crippen molar-refractivity contribution >= 4 is 23.4 Å². The summed E-state index contributed by atoms with van der Waals surface area (Å²) in [6.45, 7) is 3.15. The lowest BCUT2D eigenvalue weighted by atomic mass is 9.85. The van der Waals surface area contributed by atoms with Crippen molar-refractivity contribution in [2.24, 2.45) is 0 Å². The standard InChI is InChI=1S/C45H53N5O7/c51-30-32-17-19-34(20-18-32)40-27-39(29-49-23-21-45(22-24-49)44(54)47-31-50(45)38-13-3-1-4-14-38)56-43(57-40)37-12-8-11-36(26-37)35-10-7-9-33(25-35)28-46-41(52)15-5-2-6-16-42(53)48-55/h1,3-4,7-14,17-20,25-26,39-40,43,51,55H,2,5-6,15-16,21-24,27-31H2,(H,46,52)(H,47,54)(H,48,53). The second kappa shape index (κ2) is 18.9. The first kappa shape index (κ1) is 40.1. The fourth-order valence-electron chi connectivity index (χ4n) is 8.28. The van der Waals surface area contributed by atoms with E-state index in [9.17, 15) is 19.5 Å². The molecule has 0 aromatic heterocycles. The van der Waals surface area contributed by atoms with Crippen molar-refractivity contribution in [1.82, 2.24) is 21.0 Å². The Hall–Kier alpha value is -5.11. The number of anilines is 1. The van der Waals surface area contributed by atoms with Gasteiger partial charge in [0.05, 0.1) is 25.5 Å². The number of likely N-dealkylation sites (tertiary alicyclic amines) is 1. The maximum absolute atomic E-state index is 13.3. The average molecular weight is 776 g/mol. The number of para-hydroxylation sites is 1. The lowest BCUT2D eigenvalue weighted by Crippen LogP contribution is -2.57. The van der Waals surface area contributed by atoms with Gasteiger partial charge in [0.25, 0.3) is 0 Å². The fraction of sp³-hybridized carbons (Fsp3) is 0.400. The van der Waals surface area contributed by atoms with Crippen LogP contribution >= 0.6 is 0 Å². The van der Waals surface area contributed by atoms with Crippen molar-refractivity contribution in [3.8, 4) is 11.1 Å². The molecule has 4 aromatic rings. The molecule has 0 bridgehead atoms. The van der Waals surface area contributed by atoms with Gasteiger partial charge in [-0.15, -0.1) is 0 Å².